The van der Waals surface area contributed by atoms with E-state index in [0.29, 0.717) is 12.4 Å². The van der Waals surface area contributed by atoms with Crippen LogP contribution in [0.4, 0.5) is 5.69 Å². The van der Waals surface area contributed by atoms with Crippen LogP contribution < -0.4 is 9.96 Å². The molecular weight excluding hydrogens is 268 g/mol. The normalized spacial score (nSPS) is 10.6. The third kappa shape index (κ3) is 2.94. The number of rotatable bonds is 4. The van der Waals surface area contributed by atoms with E-state index in [9.17, 15) is 5.21 Å². The Balaban J connectivity index is 1.77. The summed E-state index contributed by atoms with van der Waals surface area (Å²) in [6, 6.07) is 16.2. The third-order valence-electron chi connectivity index (χ3n) is 3.15. The molecule has 3 aromatic rings. The number of pyridine rings is 1. The van der Waals surface area contributed by atoms with E-state index in [0.717, 1.165) is 16.5 Å². The SMILES string of the molecule is [O-]N(O)c1ccc(COc2cccc3cccnc23)cc1. The highest BCUT2D eigenvalue weighted by Gasteiger charge is 2.03. The molecule has 0 saturated heterocycles. The van der Waals surface area contributed by atoms with Gasteiger partial charge in [0.1, 0.15) is 17.9 Å². The van der Waals surface area contributed by atoms with Crippen molar-refractivity contribution in [2.24, 2.45) is 0 Å². The van der Waals surface area contributed by atoms with Gasteiger partial charge in [0.2, 0.25) is 0 Å². The number of benzene rings is 2. The Morgan fingerprint density at radius 3 is 2.57 bits per heavy atom. The summed E-state index contributed by atoms with van der Waals surface area (Å²) >= 11 is 0. The van der Waals surface area contributed by atoms with E-state index >= 15 is 0 Å². The van der Waals surface area contributed by atoms with Gasteiger partial charge in [-0.2, -0.15) is 0 Å². The number of anilines is 1. The lowest BCUT2D eigenvalue weighted by Gasteiger charge is -2.21. The van der Waals surface area contributed by atoms with E-state index in [2.05, 4.69) is 4.98 Å². The molecule has 3 rings (SSSR count). The standard InChI is InChI=1S/C16H13N2O3/c19-18(20)14-8-6-12(7-9-14)11-21-15-5-1-3-13-4-2-10-17-16(13)15/h1-10,19H,11H2/q-1. The van der Waals surface area contributed by atoms with Gasteiger partial charge in [0.15, 0.2) is 0 Å². The lowest BCUT2D eigenvalue weighted by molar-refractivity contribution is 0.296. The monoisotopic (exact) mass is 281 g/mol. The van der Waals surface area contributed by atoms with Crippen LogP contribution in [0.1, 0.15) is 5.56 Å². The van der Waals surface area contributed by atoms with Crippen LogP contribution in [-0.4, -0.2) is 10.2 Å². The average molecular weight is 281 g/mol. The van der Waals surface area contributed by atoms with Crippen LogP contribution in [0.5, 0.6) is 5.75 Å². The topological polar surface area (TPSA) is 68.7 Å². The summed E-state index contributed by atoms with van der Waals surface area (Å²) in [6.07, 6.45) is 1.73. The predicted octanol–water partition coefficient (Wildman–Crippen LogP) is 3.51. The Morgan fingerprint density at radius 2 is 1.81 bits per heavy atom. The summed E-state index contributed by atoms with van der Waals surface area (Å²) in [5.41, 5.74) is 1.90. The number of ether oxygens (including phenoxy) is 1. The molecule has 5 heteroatoms. The van der Waals surface area contributed by atoms with Gasteiger partial charge in [-0.15, -0.1) is 0 Å². The van der Waals surface area contributed by atoms with Gasteiger partial charge >= 0.3 is 0 Å². The molecule has 0 aliphatic carbocycles. The quantitative estimate of drug-likeness (QED) is 0.741. The van der Waals surface area contributed by atoms with Gasteiger partial charge in [-0.05, 0) is 29.8 Å². The third-order valence-corrected chi connectivity index (χ3v) is 3.15. The van der Waals surface area contributed by atoms with Crippen molar-refractivity contribution in [2.75, 3.05) is 5.23 Å². The zero-order chi connectivity index (χ0) is 14.7. The summed E-state index contributed by atoms with van der Waals surface area (Å²) < 4.78 is 5.79. The van der Waals surface area contributed by atoms with Crippen LogP contribution in [0.15, 0.2) is 60.8 Å². The second-order valence-corrected chi connectivity index (χ2v) is 4.56. The van der Waals surface area contributed by atoms with Crippen molar-refractivity contribution in [1.82, 2.24) is 4.98 Å². The van der Waals surface area contributed by atoms with Gasteiger partial charge < -0.3 is 15.2 Å². The van der Waals surface area contributed by atoms with Crippen molar-refractivity contribution in [3.8, 4) is 5.75 Å². The van der Waals surface area contributed by atoms with Crippen molar-refractivity contribution in [3.05, 3.63) is 71.6 Å². The summed E-state index contributed by atoms with van der Waals surface area (Å²) in [5.74, 6) is 0.713. The van der Waals surface area contributed by atoms with Crippen molar-refractivity contribution < 1.29 is 9.94 Å². The van der Waals surface area contributed by atoms with Gasteiger partial charge in [0.25, 0.3) is 0 Å². The number of hydrogen-bond acceptors (Lipinski definition) is 5. The Morgan fingerprint density at radius 1 is 1.05 bits per heavy atom. The van der Waals surface area contributed by atoms with Crippen LogP contribution in [-0.2, 0) is 6.61 Å². The Labute approximate surface area is 121 Å². The van der Waals surface area contributed by atoms with Crippen molar-refractivity contribution >= 4 is 16.6 Å². The van der Waals surface area contributed by atoms with Crippen LogP contribution in [0.2, 0.25) is 0 Å². The van der Waals surface area contributed by atoms with Crippen LogP contribution >= 0.6 is 0 Å². The number of aromatic nitrogens is 1. The van der Waals surface area contributed by atoms with E-state index in [1.54, 1.807) is 18.3 Å². The van der Waals surface area contributed by atoms with Crippen molar-refractivity contribution in [1.29, 1.82) is 0 Å². The summed E-state index contributed by atoms with van der Waals surface area (Å²) in [6.45, 7) is 0.361. The zero-order valence-electron chi connectivity index (χ0n) is 11.1. The highest BCUT2D eigenvalue weighted by Crippen LogP contribution is 2.24. The molecule has 2 aromatic carbocycles. The number of fused-ring (bicyclic) bond motifs is 1. The van der Waals surface area contributed by atoms with E-state index in [1.165, 1.54) is 12.1 Å². The van der Waals surface area contributed by atoms with E-state index in [-0.39, 0.29) is 10.9 Å². The lowest BCUT2D eigenvalue weighted by Crippen LogP contribution is -2.06. The molecule has 0 aliphatic heterocycles. The molecule has 1 aromatic heterocycles. The van der Waals surface area contributed by atoms with Crippen molar-refractivity contribution in [3.63, 3.8) is 0 Å². The minimum Gasteiger partial charge on any atom is -0.733 e. The van der Waals surface area contributed by atoms with Gasteiger partial charge in [-0.25, -0.2) is 0 Å². The molecule has 1 heterocycles. The lowest BCUT2D eigenvalue weighted by atomic mass is 10.2. The fourth-order valence-corrected chi connectivity index (χ4v) is 2.07. The number of para-hydroxylation sites is 1. The fraction of sp³-hybridized carbons (Fsp3) is 0.0625. The maximum Gasteiger partial charge on any atom is 0.146 e. The van der Waals surface area contributed by atoms with Crippen LogP contribution in [0, 0.1) is 5.21 Å². The molecule has 0 aliphatic rings. The van der Waals surface area contributed by atoms with Crippen LogP contribution in [0.3, 0.4) is 0 Å². The van der Waals surface area contributed by atoms with Gasteiger partial charge in [-0.1, -0.05) is 30.3 Å². The summed E-state index contributed by atoms with van der Waals surface area (Å²) in [7, 11) is 0. The first-order valence-corrected chi connectivity index (χ1v) is 6.46. The summed E-state index contributed by atoms with van der Waals surface area (Å²) in [5, 5.41) is 20.3. The fourth-order valence-electron chi connectivity index (χ4n) is 2.07. The van der Waals surface area contributed by atoms with E-state index in [1.807, 2.05) is 30.3 Å². The van der Waals surface area contributed by atoms with Gasteiger partial charge in [0, 0.05) is 11.6 Å². The van der Waals surface area contributed by atoms with Gasteiger partial charge in [0.05, 0.1) is 5.69 Å². The minimum atomic E-state index is -0.167. The Hall–Kier alpha value is -2.63. The molecule has 0 saturated carbocycles. The highest BCUT2D eigenvalue weighted by molar-refractivity contribution is 5.84. The average Bonchev–Trinajstić information content (AvgIpc) is 2.53. The first kappa shape index (κ1) is 13.4. The molecule has 1 N–H and O–H groups in total. The minimum absolute atomic E-state index is 0.167. The molecule has 106 valence electrons. The second kappa shape index (κ2) is 5.78. The van der Waals surface area contributed by atoms with Crippen LogP contribution in [0.25, 0.3) is 10.9 Å². The highest BCUT2D eigenvalue weighted by atomic mass is 16.8. The molecule has 0 atom stereocenters. The Kier molecular flexibility index (Phi) is 3.68. The number of nitrogens with zero attached hydrogens (tertiary/aromatic N) is 2. The van der Waals surface area contributed by atoms with E-state index in [4.69, 9.17) is 9.94 Å². The summed E-state index contributed by atoms with van der Waals surface area (Å²) in [4.78, 5) is 4.32. The first-order chi connectivity index (χ1) is 10.2. The molecule has 0 bridgehead atoms. The number of hydrogen-bond donors (Lipinski definition) is 1. The van der Waals surface area contributed by atoms with Gasteiger partial charge in [-0.3, -0.25) is 10.2 Å². The van der Waals surface area contributed by atoms with E-state index < -0.39 is 0 Å². The first-order valence-electron chi connectivity index (χ1n) is 6.46. The largest absolute Gasteiger partial charge is 0.733 e. The molecular formula is C16H13N2O3-. The maximum atomic E-state index is 10.7. The van der Waals surface area contributed by atoms with Crippen molar-refractivity contribution in [2.45, 2.75) is 6.61 Å². The predicted molar refractivity (Wildman–Crippen MR) is 80.1 cm³/mol. The molecule has 0 spiro atoms. The molecule has 5 nitrogen and oxygen atoms in total. The zero-order valence-corrected chi connectivity index (χ0v) is 11.1. The smallest absolute Gasteiger partial charge is 0.146 e. The Bertz CT molecular complexity index is 737. The molecule has 0 unspecified atom stereocenters. The molecule has 21 heavy (non-hydrogen) atoms. The molecule has 0 fully saturated rings. The molecule has 0 radical (unpaired) electrons. The second-order valence-electron chi connectivity index (χ2n) is 4.56. The maximum absolute atomic E-state index is 10.7. The molecule has 0 amide bonds.